The van der Waals surface area contributed by atoms with E-state index < -0.39 is 0 Å². The van der Waals surface area contributed by atoms with Crippen LogP contribution >= 0.6 is 11.3 Å². The highest BCUT2D eigenvalue weighted by Gasteiger charge is 2.17. The molecule has 6 aromatic carbocycles. The summed E-state index contributed by atoms with van der Waals surface area (Å²) in [6, 6.07) is 51.7. The Balaban J connectivity index is 1.15. The summed E-state index contributed by atoms with van der Waals surface area (Å²) in [5.74, 6) is 0. The quantitative estimate of drug-likeness (QED) is 0.204. The lowest BCUT2D eigenvalue weighted by Crippen LogP contribution is -1.94. The number of aromatic nitrogens is 2. The molecule has 0 aliphatic rings. The maximum atomic E-state index is 6.06. The van der Waals surface area contributed by atoms with Crippen molar-refractivity contribution >= 4 is 75.3 Å². The first kappa shape index (κ1) is 24.7. The van der Waals surface area contributed by atoms with Gasteiger partial charge in [-0.1, -0.05) is 72.8 Å². The van der Waals surface area contributed by atoms with E-state index in [1.165, 1.54) is 47.7 Å². The molecule has 0 spiro atoms. The number of para-hydroxylation sites is 2. The normalized spacial score (nSPS) is 12.0. The molecule has 4 aromatic heterocycles. The smallest absolute Gasteiger partial charge is 0.135 e. The summed E-state index contributed by atoms with van der Waals surface area (Å²) < 4.78 is 11.1. The second kappa shape index (κ2) is 9.39. The van der Waals surface area contributed by atoms with Gasteiger partial charge < -0.3 is 8.98 Å². The third kappa shape index (κ3) is 3.67. The average Bonchev–Trinajstić information content (AvgIpc) is 3.77. The monoisotopic (exact) mass is 592 g/mol. The van der Waals surface area contributed by atoms with Crippen molar-refractivity contribution in [1.82, 2.24) is 9.55 Å². The van der Waals surface area contributed by atoms with Gasteiger partial charge in [-0.2, -0.15) is 0 Å². The molecule has 0 radical (unpaired) electrons. The Morgan fingerprint density at radius 2 is 1.11 bits per heavy atom. The predicted octanol–water partition coefficient (Wildman–Crippen LogP) is 11.8. The van der Waals surface area contributed by atoms with E-state index in [1.54, 1.807) is 0 Å². The molecule has 0 saturated heterocycles. The molecule has 4 heterocycles. The summed E-state index contributed by atoms with van der Waals surface area (Å²) >= 11 is 1.86. The number of rotatable bonds is 3. The van der Waals surface area contributed by atoms with Gasteiger partial charge in [-0.15, -0.1) is 11.3 Å². The first-order valence-corrected chi connectivity index (χ1v) is 15.9. The van der Waals surface area contributed by atoms with Gasteiger partial charge in [-0.25, -0.2) is 4.98 Å². The zero-order valence-electron chi connectivity index (χ0n) is 24.1. The molecule has 0 saturated carbocycles. The Bertz CT molecular complexity index is 2780. The number of fused-ring (bicyclic) bond motifs is 9. The van der Waals surface area contributed by atoms with E-state index in [2.05, 4.69) is 138 Å². The van der Waals surface area contributed by atoms with Gasteiger partial charge >= 0.3 is 0 Å². The van der Waals surface area contributed by atoms with Gasteiger partial charge in [0.1, 0.15) is 11.2 Å². The molecule has 0 atom stereocenters. The molecule has 3 nitrogen and oxygen atoms in total. The minimum absolute atomic E-state index is 0.893. The molecule has 210 valence electrons. The zero-order valence-corrected chi connectivity index (χ0v) is 24.9. The fraction of sp³-hybridized carbons (Fsp3) is 0. The van der Waals surface area contributed by atoms with Crippen molar-refractivity contribution in [1.29, 1.82) is 0 Å². The Kier molecular flexibility index (Phi) is 5.16. The van der Waals surface area contributed by atoms with E-state index in [4.69, 9.17) is 9.40 Å². The van der Waals surface area contributed by atoms with Gasteiger partial charge in [-0.3, -0.25) is 0 Å². The number of hydrogen-bond acceptors (Lipinski definition) is 3. The summed E-state index contributed by atoms with van der Waals surface area (Å²) in [5, 5.41) is 7.30. The lowest BCUT2D eigenvalue weighted by molar-refractivity contribution is 0.669. The SMILES string of the molecule is c1cc(-c2ccc3oc4ccccc4c3c2)nc(-c2ccc3c(c2)c2ccccc2n3-c2cccc3sc4ccccc4c23)c1. The molecular formula is C41H24N2OS. The van der Waals surface area contributed by atoms with Crippen molar-refractivity contribution in [2.24, 2.45) is 0 Å². The Labute approximate surface area is 262 Å². The first-order valence-electron chi connectivity index (χ1n) is 15.1. The topological polar surface area (TPSA) is 31.0 Å². The molecule has 0 N–H and O–H groups in total. The van der Waals surface area contributed by atoms with E-state index in [0.29, 0.717) is 0 Å². The largest absolute Gasteiger partial charge is 0.456 e. The summed E-state index contributed by atoms with van der Waals surface area (Å²) in [5.41, 5.74) is 9.47. The van der Waals surface area contributed by atoms with Crippen LogP contribution in [0.5, 0.6) is 0 Å². The summed E-state index contributed by atoms with van der Waals surface area (Å²) in [6.07, 6.45) is 0. The van der Waals surface area contributed by atoms with Crippen LogP contribution in [0.4, 0.5) is 0 Å². The van der Waals surface area contributed by atoms with Crippen LogP contribution < -0.4 is 0 Å². The van der Waals surface area contributed by atoms with Crippen LogP contribution in [-0.2, 0) is 0 Å². The van der Waals surface area contributed by atoms with Gasteiger partial charge in [-0.05, 0) is 72.8 Å². The average molecular weight is 593 g/mol. The zero-order chi connectivity index (χ0) is 29.5. The predicted molar refractivity (Wildman–Crippen MR) is 190 cm³/mol. The molecule has 0 aliphatic heterocycles. The number of pyridine rings is 1. The Morgan fingerprint density at radius 1 is 0.467 bits per heavy atom. The van der Waals surface area contributed by atoms with Crippen molar-refractivity contribution in [2.45, 2.75) is 0 Å². The fourth-order valence-electron chi connectivity index (χ4n) is 6.98. The lowest BCUT2D eigenvalue weighted by Gasteiger charge is -2.11. The van der Waals surface area contributed by atoms with Crippen molar-refractivity contribution in [3.05, 3.63) is 146 Å². The highest BCUT2D eigenvalue weighted by Crippen LogP contribution is 2.41. The third-order valence-corrected chi connectivity index (χ3v) is 10.1. The number of nitrogens with zero attached hydrogens (tertiary/aromatic N) is 2. The molecule has 0 bridgehead atoms. The standard InChI is InChI=1S/C41H24N2OS/c1-4-14-34-27(9-1)30-23-25(19-21-35(30)43(34)36-15-8-18-40-41(36)29-11-3-6-17-39(29)45-40)32-12-7-13-33(42-32)26-20-22-38-31(24-26)28-10-2-5-16-37(28)44-38/h1-24H. The summed E-state index contributed by atoms with van der Waals surface area (Å²) in [7, 11) is 0. The van der Waals surface area contributed by atoms with Crippen LogP contribution in [0.3, 0.4) is 0 Å². The van der Waals surface area contributed by atoms with Crippen LogP contribution in [0.1, 0.15) is 0 Å². The van der Waals surface area contributed by atoms with E-state index in [1.807, 2.05) is 23.5 Å². The molecule has 0 aliphatic carbocycles. The highest BCUT2D eigenvalue weighted by atomic mass is 32.1. The van der Waals surface area contributed by atoms with E-state index in [-0.39, 0.29) is 0 Å². The van der Waals surface area contributed by atoms with E-state index in [0.717, 1.165) is 44.5 Å². The Morgan fingerprint density at radius 3 is 2.00 bits per heavy atom. The van der Waals surface area contributed by atoms with Crippen molar-refractivity contribution in [2.75, 3.05) is 0 Å². The van der Waals surface area contributed by atoms with Gasteiger partial charge in [0.25, 0.3) is 0 Å². The summed E-state index contributed by atoms with van der Waals surface area (Å²) in [6.45, 7) is 0. The van der Waals surface area contributed by atoms with Gasteiger partial charge in [0, 0.05) is 52.8 Å². The second-order valence-electron chi connectivity index (χ2n) is 11.6. The summed E-state index contributed by atoms with van der Waals surface area (Å²) in [4.78, 5) is 5.17. The molecule has 10 rings (SSSR count). The third-order valence-electron chi connectivity index (χ3n) is 9.01. The van der Waals surface area contributed by atoms with E-state index in [9.17, 15) is 0 Å². The maximum absolute atomic E-state index is 6.06. The minimum Gasteiger partial charge on any atom is -0.456 e. The minimum atomic E-state index is 0.893. The molecule has 4 heteroatoms. The van der Waals surface area contributed by atoms with Crippen molar-refractivity contribution in [3.63, 3.8) is 0 Å². The number of thiophene rings is 1. The van der Waals surface area contributed by atoms with Crippen LogP contribution in [0, 0.1) is 0 Å². The maximum Gasteiger partial charge on any atom is 0.135 e. The van der Waals surface area contributed by atoms with Crippen LogP contribution in [-0.4, -0.2) is 9.55 Å². The number of hydrogen-bond donors (Lipinski definition) is 0. The number of furan rings is 1. The lowest BCUT2D eigenvalue weighted by atomic mass is 10.0. The second-order valence-corrected chi connectivity index (χ2v) is 12.6. The van der Waals surface area contributed by atoms with Crippen molar-refractivity contribution < 1.29 is 4.42 Å². The highest BCUT2D eigenvalue weighted by molar-refractivity contribution is 7.25. The molecule has 45 heavy (non-hydrogen) atoms. The van der Waals surface area contributed by atoms with Gasteiger partial charge in [0.05, 0.1) is 28.1 Å². The van der Waals surface area contributed by atoms with Crippen molar-refractivity contribution in [3.8, 4) is 28.2 Å². The molecular weight excluding hydrogens is 569 g/mol. The first-order chi connectivity index (χ1) is 22.3. The Hall–Kier alpha value is -5.71. The molecule has 0 amide bonds. The van der Waals surface area contributed by atoms with Crippen LogP contribution in [0.25, 0.3) is 92.1 Å². The molecule has 0 unspecified atom stereocenters. The fourth-order valence-corrected chi connectivity index (χ4v) is 8.10. The van der Waals surface area contributed by atoms with Crippen LogP contribution in [0.2, 0.25) is 0 Å². The van der Waals surface area contributed by atoms with Crippen LogP contribution in [0.15, 0.2) is 150 Å². The molecule has 0 fully saturated rings. The van der Waals surface area contributed by atoms with Gasteiger partial charge in [0.2, 0.25) is 0 Å². The number of benzene rings is 6. The molecule has 10 aromatic rings. The van der Waals surface area contributed by atoms with E-state index >= 15 is 0 Å². The van der Waals surface area contributed by atoms with Gasteiger partial charge in [0.15, 0.2) is 0 Å².